The Morgan fingerprint density at radius 1 is 1.24 bits per heavy atom. The predicted octanol–water partition coefficient (Wildman–Crippen LogP) is 2.00. The number of rotatable bonds is 6. The van der Waals surface area contributed by atoms with Crippen molar-refractivity contribution in [2.45, 2.75) is 6.54 Å². The van der Waals surface area contributed by atoms with E-state index >= 15 is 0 Å². The summed E-state index contributed by atoms with van der Waals surface area (Å²) in [5.74, 6) is 2.39. The molecule has 0 radical (unpaired) electrons. The zero-order valence-corrected chi connectivity index (χ0v) is 18.8. The number of thioether (sulfide) groups is 1. The van der Waals surface area contributed by atoms with Crippen molar-refractivity contribution < 1.29 is 8.42 Å². The van der Waals surface area contributed by atoms with Crippen LogP contribution in [0.4, 0.5) is 0 Å². The second-order valence-electron chi connectivity index (χ2n) is 5.31. The molecule has 0 bridgehead atoms. The van der Waals surface area contributed by atoms with E-state index in [-0.39, 0.29) is 29.7 Å². The maximum Gasteiger partial charge on any atom is 0.215 e. The molecule has 1 aliphatic heterocycles. The van der Waals surface area contributed by atoms with Crippen LogP contribution in [0.15, 0.2) is 29.3 Å². The van der Waals surface area contributed by atoms with Gasteiger partial charge in [-0.25, -0.2) is 12.7 Å². The van der Waals surface area contributed by atoms with Crippen LogP contribution < -0.4 is 10.6 Å². The van der Waals surface area contributed by atoms with Crippen LogP contribution in [0.1, 0.15) is 5.56 Å². The van der Waals surface area contributed by atoms with Crippen molar-refractivity contribution in [3.8, 4) is 0 Å². The minimum absolute atomic E-state index is 0. The number of benzene rings is 1. The summed E-state index contributed by atoms with van der Waals surface area (Å²) < 4.78 is 26.1. The van der Waals surface area contributed by atoms with E-state index < -0.39 is 10.0 Å². The Bertz CT molecular complexity index is 650. The summed E-state index contributed by atoms with van der Waals surface area (Å²) in [6.45, 7) is 2.13. The van der Waals surface area contributed by atoms with Gasteiger partial charge in [-0.1, -0.05) is 23.7 Å². The zero-order valence-electron chi connectivity index (χ0n) is 14.1. The first-order valence-corrected chi connectivity index (χ1v) is 10.9. The molecular formula is C15H24ClIN4O2S2. The van der Waals surface area contributed by atoms with E-state index in [1.165, 1.54) is 0 Å². The summed E-state index contributed by atoms with van der Waals surface area (Å²) in [6, 6.07) is 7.53. The molecule has 1 aliphatic rings. The van der Waals surface area contributed by atoms with Crippen molar-refractivity contribution in [2.24, 2.45) is 4.99 Å². The quantitative estimate of drug-likeness (QED) is 0.342. The Kier molecular flexibility index (Phi) is 10.5. The van der Waals surface area contributed by atoms with E-state index in [0.717, 1.165) is 17.1 Å². The third-order valence-electron chi connectivity index (χ3n) is 3.61. The molecule has 2 rings (SSSR count). The van der Waals surface area contributed by atoms with Crippen LogP contribution in [0, 0.1) is 0 Å². The highest BCUT2D eigenvalue weighted by atomic mass is 127. The van der Waals surface area contributed by atoms with Crippen LogP contribution in [0.3, 0.4) is 0 Å². The first-order chi connectivity index (χ1) is 11.5. The van der Waals surface area contributed by atoms with E-state index in [4.69, 9.17) is 11.6 Å². The van der Waals surface area contributed by atoms with Gasteiger partial charge in [0, 0.05) is 49.8 Å². The lowest BCUT2D eigenvalue weighted by Crippen LogP contribution is -2.44. The van der Waals surface area contributed by atoms with Crippen LogP contribution in [-0.4, -0.2) is 62.6 Å². The lowest BCUT2D eigenvalue weighted by atomic mass is 10.2. The number of hydrogen-bond donors (Lipinski definition) is 2. The van der Waals surface area contributed by atoms with E-state index in [1.807, 2.05) is 24.3 Å². The summed E-state index contributed by atoms with van der Waals surface area (Å²) in [5, 5.41) is 6.90. The Balaban J connectivity index is 0.00000312. The summed E-state index contributed by atoms with van der Waals surface area (Å²) in [6.07, 6.45) is 0. The van der Waals surface area contributed by atoms with E-state index in [2.05, 4.69) is 15.6 Å². The van der Waals surface area contributed by atoms with Gasteiger partial charge in [0.15, 0.2) is 5.96 Å². The highest BCUT2D eigenvalue weighted by Gasteiger charge is 2.23. The van der Waals surface area contributed by atoms with Gasteiger partial charge < -0.3 is 10.6 Å². The van der Waals surface area contributed by atoms with Gasteiger partial charge in [-0.3, -0.25) is 4.99 Å². The molecule has 25 heavy (non-hydrogen) atoms. The fraction of sp³-hybridized carbons (Fsp3) is 0.533. The van der Waals surface area contributed by atoms with Crippen molar-refractivity contribution in [2.75, 3.05) is 43.9 Å². The molecule has 1 aromatic carbocycles. The average molecular weight is 519 g/mol. The second kappa shape index (κ2) is 11.5. The molecule has 0 amide bonds. The zero-order chi connectivity index (χ0) is 17.4. The lowest BCUT2D eigenvalue weighted by molar-refractivity contribution is 0.443. The van der Waals surface area contributed by atoms with Crippen LogP contribution in [-0.2, 0) is 16.6 Å². The van der Waals surface area contributed by atoms with Gasteiger partial charge in [0.25, 0.3) is 0 Å². The number of halogens is 2. The summed E-state index contributed by atoms with van der Waals surface area (Å²) in [5.41, 5.74) is 1.07. The number of nitrogens with zero attached hydrogens (tertiary/aromatic N) is 2. The number of guanidine groups is 1. The van der Waals surface area contributed by atoms with E-state index in [9.17, 15) is 8.42 Å². The number of sulfonamides is 1. The van der Waals surface area contributed by atoms with Crippen molar-refractivity contribution in [1.82, 2.24) is 14.9 Å². The molecule has 1 fully saturated rings. The Labute approximate surface area is 176 Å². The Morgan fingerprint density at radius 3 is 2.48 bits per heavy atom. The molecule has 10 heteroatoms. The monoisotopic (exact) mass is 518 g/mol. The highest BCUT2D eigenvalue weighted by molar-refractivity contribution is 14.0. The van der Waals surface area contributed by atoms with Crippen molar-refractivity contribution in [3.05, 3.63) is 34.9 Å². The molecule has 0 spiro atoms. The molecule has 2 N–H and O–H groups in total. The topological polar surface area (TPSA) is 73.8 Å². The molecule has 0 unspecified atom stereocenters. The van der Waals surface area contributed by atoms with Gasteiger partial charge in [-0.15, -0.1) is 24.0 Å². The molecule has 0 atom stereocenters. The SMILES string of the molecule is CN=C(NCCS(=O)(=O)N1CCSCC1)NCc1ccc(Cl)cc1.I. The van der Waals surface area contributed by atoms with Crippen LogP contribution in [0.5, 0.6) is 0 Å². The second-order valence-corrected chi connectivity index (χ2v) is 9.06. The molecule has 142 valence electrons. The minimum Gasteiger partial charge on any atom is -0.355 e. The smallest absolute Gasteiger partial charge is 0.215 e. The van der Waals surface area contributed by atoms with Crippen molar-refractivity contribution in [3.63, 3.8) is 0 Å². The van der Waals surface area contributed by atoms with Gasteiger partial charge >= 0.3 is 0 Å². The first-order valence-electron chi connectivity index (χ1n) is 7.76. The number of nitrogens with one attached hydrogen (secondary N) is 2. The Hall–Kier alpha value is -0.230. The van der Waals surface area contributed by atoms with Crippen molar-refractivity contribution >= 4 is 63.3 Å². The number of aliphatic imine (C=N–C) groups is 1. The molecule has 1 aromatic rings. The van der Waals surface area contributed by atoms with Gasteiger partial charge in [0.2, 0.25) is 10.0 Å². The summed E-state index contributed by atoms with van der Waals surface area (Å²) in [4.78, 5) is 4.11. The van der Waals surface area contributed by atoms with Crippen LogP contribution >= 0.6 is 47.3 Å². The van der Waals surface area contributed by atoms with E-state index in [1.54, 1.807) is 23.1 Å². The van der Waals surface area contributed by atoms with Crippen LogP contribution in [0.2, 0.25) is 5.02 Å². The van der Waals surface area contributed by atoms with Gasteiger partial charge in [-0.05, 0) is 17.7 Å². The molecule has 0 aromatic heterocycles. The maximum absolute atomic E-state index is 12.3. The molecule has 1 saturated heterocycles. The third kappa shape index (κ3) is 7.90. The Morgan fingerprint density at radius 2 is 1.88 bits per heavy atom. The third-order valence-corrected chi connectivity index (χ3v) is 6.68. The van der Waals surface area contributed by atoms with E-state index in [0.29, 0.717) is 37.2 Å². The molecule has 0 saturated carbocycles. The van der Waals surface area contributed by atoms with Crippen molar-refractivity contribution in [1.29, 1.82) is 0 Å². The maximum atomic E-state index is 12.3. The molecule has 6 nitrogen and oxygen atoms in total. The lowest BCUT2D eigenvalue weighted by Gasteiger charge is -2.25. The highest BCUT2D eigenvalue weighted by Crippen LogP contribution is 2.13. The minimum atomic E-state index is -3.20. The van der Waals surface area contributed by atoms with Gasteiger partial charge in [0.05, 0.1) is 5.75 Å². The predicted molar refractivity (Wildman–Crippen MR) is 118 cm³/mol. The largest absolute Gasteiger partial charge is 0.355 e. The summed E-state index contributed by atoms with van der Waals surface area (Å²) >= 11 is 7.65. The average Bonchev–Trinajstić information content (AvgIpc) is 2.60. The standard InChI is InChI=1S/C15H23ClN4O2S2.HI/c1-17-15(19-12-13-2-4-14(16)5-3-13)18-6-11-24(21,22)20-7-9-23-10-8-20;/h2-5H,6-12H2,1H3,(H2,17,18,19);1H. The molecular weight excluding hydrogens is 495 g/mol. The van der Waals surface area contributed by atoms with Gasteiger partial charge in [-0.2, -0.15) is 11.8 Å². The first kappa shape index (κ1) is 22.8. The fourth-order valence-electron chi connectivity index (χ4n) is 2.26. The fourth-order valence-corrected chi connectivity index (χ4v) is 4.88. The number of hydrogen-bond acceptors (Lipinski definition) is 4. The molecule has 1 heterocycles. The summed E-state index contributed by atoms with van der Waals surface area (Å²) in [7, 11) is -1.54. The van der Waals surface area contributed by atoms with Gasteiger partial charge in [0.1, 0.15) is 0 Å². The molecule has 0 aliphatic carbocycles. The van der Waals surface area contributed by atoms with Crippen LogP contribution in [0.25, 0.3) is 0 Å². The normalized spacial score (nSPS) is 16.2.